The molecule has 1 aromatic carbocycles. The van der Waals surface area contributed by atoms with Gasteiger partial charge < -0.3 is 10.4 Å². The molecule has 114 valence electrons. The maximum absolute atomic E-state index is 12.1. The number of benzene rings is 1. The standard InChI is InChI=1S/C17H18N2O3/c20-15-9-4-12(11-15)17(22)18-13-5-7-14(8-6-13)19-10-2-1-3-16(19)21/h1-3,5-8,10,12,15,20H,4,9,11H2,(H,18,22)/t12-,15-/m1/s1. The van der Waals surface area contributed by atoms with E-state index in [1.165, 1.54) is 6.07 Å². The fourth-order valence-corrected chi connectivity index (χ4v) is 2.79. The number of anilines is 1. The van der Waals surface area contributed by atoms with Gasteiger partial charge in [0.15, 0.2) is 0 Å². The molecule has 1 fully saturated rings. The summed E-state index contributed by atoms with van der Waals surface area (Å²) in [7, 11) is 0. The SMILES string of the molecule is O=C(Nc1ccc(-n2ccccc2=O)cc1)[C@@H]1CC[C@@H](O)C1. The van der Waals surface area contributed by atoms with Crippen molar-refractivity contribution < 1.29 is 9.90 Å². The maximum atomic E-state index is 12.1. The third-order valence-corrected chi connectivity index (χ3v) is 4.01. The number of hydrogen-bond donors (Lipinski definition) is 2. The van der Waals surface area contributed by atoms with Crippen LogP contribution in [0, 0.1) is 5.92 Å². The highest BCUT2D eigenvalue weighted by Crippen LogP contribution is 2.26. The minimum absolute atomic E-state index is 0.0545. The molecule has 0 saturated heterocycles. The number of aromatic nitrogens is 1. The van der Waals surface area contributed by atoms with Gasteiger partial charge in [-0.25, -0.2) is 0 Å². The van der Waals surface area contributed by atoms with Crippen molar-refractivity contribution in [3.63, 3.8) is 0 Å². The largest absolute Gasteiger partial charge is 0.393 e. The van der Waals surface area contributed by atoms with Crippen molar-refractivity contribution in [1.82, 2.24) is 4.57 Å². The Morgan fingerprint density at radius 3 is 2.55 bits per heavy atom. The van der Waals surface area contributed by atoms with Crippen molar-refractivity contribution >= 4 is 11.6 Å². The second kappa shape index (κ2) is 6.15. The summed E-state index contributed by atoms with van der Waals surface area (Å²) in [6.07, 6.45) is 3.29. The number of aliphatic hydroxyl groups excluding tert-OH is 1. The van der Waals surface area contributed by atoms with Crippen LogP contribution in [0.3, 0.4) is 0 Å². The van der Waals surface area contributed by atoms with E-state index in [-0.39, 0.29) is 23.5 Å². The number of nitrogens with one attached hydrogen (secondary N) is 1. The third-order valence-electron chi connectivity index (χ3n) is 4.01. The molecular weight excluding hydrogens is 280 g/mol. The number of amides is 1. The van der Waals surface area contributed by atoms with Crippen molar-refractivity contribution in [3.8, 4) is 5.69 Å². The summed E-state index contributed by atoms with van der Waals surface area (Å²) < 4.78 is 1.54. The Bertz CT molecular complexity index is 721. The smallest absolute Gasteiger partial charge is 0.255 e. The van der Waals surface area contributed by atoms with Crippen molar-refractivity contribution in [2.75, 3.05) is 5.32 Å². The normalized spacial score (nSPS) is 20.8. The second-order valence-electron chi connectivity index (χ2n) is 5.61. The van der Waals surface area contributed by atoms with Gasteiger partial charge in [-0.1, -0.05) is 6.07 Å². The number of nitrogens with zero attached hydrogens (tertiary/aromatic N) is 1. The van der Waals surface area contributed by atoms with Gasteiger partial charge in [-0.15, -0.1) is 0 Å². The van der Waals surface area contributed by atoms with E-state index in [0.29, 0.717) is 18.5 Å². The van der Waals surface area contributed by atoms with E-state index in [1.807, 2.05) is 0 Å². The Balaban J connectivity index is 1.71. The first kappa shape index (κ1) is 14.5. The quantitative estimate of drug-likeness (QED) is 0.909. The highest BCUT2D eigenvalue weighted by molar-refractivity contribution is 5.92. The zero-order valence-corrected chi connectivity index (χ0v) is 12.1. The Kier molecular flexibility index (Phi) is 4.06. The van der Waals surface area contributed by atoms with Crippen LogP contribution in [0.2, 0.25) is 0 Å². The Morgan fingerprint density at radius 2 is 1.91 bits per heavy atom. The highest BCUT2D eigenvalue weighted by Gasteiger charge is 2.28. The van der Waals surface area contributed by atoms with E-state index in [0.717, 1.165) is 12.1 Å². The van der Waals surface area contributed by atoms with Crippen molar-refractivity contribution in [2.24, 2.45) is 5.92 Å². The van der Waals surface area contributed by atoms with Crippen molar-refractivity contribution in [1.29, 1.82) is 0 Å². The Morgan fingerprint density at radius 1 is 1.14 bits per heavy atom. The van der Waals surface area contributed by atoms with Crippen LogP contribution in [-0.2, 0) is 4.79 Å². The number of pyridine rings is 1. The third kappa shape index (κ3) is 3.09. The molecule has 0 aliphatic heterocycles. The van der Waals surface area contributed by atoms with Gasteiger partial charge in [0.1, 0.15) is 0 Å². The molecule has 1 saturated carbocycles. The van der Waals surface area contributed by atoms with Crippen LogP contribution in [0.15, 0.2) is 53.5 Å². The zero-order chi connectivity index (χ0) is 15.5. The number of aliphatic hydroxyl groups is 1. The van der Waals surface area contributed by atoms with Crippen LogP contribution in [-0.4, -0.2) is 21.7 Å². The van der Waals surface area contributed by atoms with E-state index in [2.05, 4.69) is 5.32 Å². The number of carbonyl (C=O) groups excluding carboxylic acids is 1. The average molecular weight is 298 g/mol. The first-order valence-electron chi connectivity index (χ1n) is 7.40. The predicted molar refractivity (Wildman–Crippen MR) is 84.0 cm³/mol. The first-order valence-corrected chi connectivity index (χ1v) is 7.40. The van der Waals surface area contributed by atoms with E-state index >= 15 is 0 Å². The molecule has 1 aromatic heterocycles. The van der Waals surface area contributed by atoms with Gasteiger partial charge in [-0.05, 0) is 49.6 Å². The fourth-order valence-electron chi connectivity index (χ4n) is 2.79. The van der Waals surface area contributed by atoms with E-state index in [1.54, 1.807) is 47.2 Å². The Labute approximate surface area is 128 Å². The average Bonchev–Trinajstić information content (AvgIpc) is 2.95. The second-order valence-corrected chi connectivity index (χ2v) is 5.61. The first-order chi connectivity index (χ1) is 10.6. The molecule has 1 heterocycles. The lowest BCUT2D eigenvalue weighted by atomic mass is 10.1. The van der Waals surface area contributed by atoms with Gasteiger partial charge in [0, 0.05) is 29.6 Å². The number of rotatable bonds is 3. The molecule has 1 aliphatic carbocycles. The maximum Gasteiger partial charge on any atom is 0.255 e. The molecule has 2 N–H and O–H groups in total. The minimum Gasteiger partial charge on any atom is -0.393 e. The Hall–Kier alpha value is -2.40. The number of carbonyl (C=O) groups is 1. The van der Waals surface area contributed by atoms with Crippen LogP contribution in [0.5, 0.6) is 0 Å². The van der Waals surface area contributed by atoms with Gasteiger partial charge in [0.05, 0.1) is 6.10 Å². The molecular formula is C17H18N2O3. The zero-order valence-electron chi connectivity index (χ0n) is 12.1. The molecule has 3 rings (SSSR count). The van der Waals surface area contributed by atoms with Crippen molar-refractivity contribution in [3.05, 3.63) is 59.0 Å². The molecule has 0 spiro atoms. The van der Waals surface area contributed by atoms with E-state index in [4.69, 9.17) is 0 Å². The topological polar surface area (TPSA) is 71.3 Å². The molecule has 2 aromatic rings. The predicted octanol–water partition coefficient (Wildman–Crippen LogP) is 1.94. The van der Waals surface area contributed by atoms with Crippen LogP contribution < -0.4 is 10.9 Å². The summed E-state index contributed by atoms with van der Waals surface area (Å²) >= 11 is 0. The summed E-state index contributed by atoms with van der Waals surface area (Å²) in [5.74, 6) is -0.174. The summed E-state index contributed by atoms with van der Waals surface area (Å²) in [5.41, 5.74) is 1.35. The van der Waals surface area contributed by atoms with E-state index < -0.39 is 0 Å². The summed E-state index contributed by atoms with van der Waals surface area (Å²) in [6.45, 7) is 0. The van der Waals surface area contributed by atoms with Crippen LogP contribution >= 0.6 is 0 Å². The lowest BCUT2D eigenvalue weighted by Gasteiger charge is -2.11. The van der Waals surface area contributed by atoms with Crippen LogP contribution in [0.25, 0.3) is 5.69 Å². The molecule has 1 aliphatic rings. The minimum atomic E-state index is -0.358. The summed E-state index contributed by atoms with van der Waals surface area (Å²) in [4.78, 5) is 23.8. The van der Waals surface area contributed by atoms with Gasteiger partial charge >= 0.3 is 0 Å². The molecule has 1 amide bonds. The van der Waals surface area contributed by atoms with Gasteiger partial charge in [-0.2, -0.15) is 0 Å². The van der Waals surface area contributed by atoms with Crippen LogP contribution in [0.4, 0.5) is 5.69 Å². The monoisotopic (exact) mass is 298 g/mol. The molecule has 0 bridgehead atoms. The molecule has 5 heteroatoms. The number of hydrogen-bond acceptors (Lipinski definition) is 3. The highest BCUT2D eigenvalue weighted by atomic mass is 16.3. The lowest BCUT2D eigenvalue weighted by Crippen LogP contribution is -2.21. The van der Waals surface area contributed by atoms with Crippen molar-refractivity contribution in [2.45, 2.75) is 25.4 Å². The fraction of sp³-hybridized carbons (Fsp3) is 0.294. The molecule has 0 unspecified atom stereocenters. The van der Waals surface area contributed by atoms with Crippen LogP contribution in [0.1, 0.15) is 19.3 Å². The molecule has 22 heavy (non-hydrogen) atoms. The summed E-state index contributed by atoms with van der Waals surface area (Å²) in [5, 5.41) is 12.4. The van der Waals surface area contributed by atoms with E-state index in [9.17, 15) is 14.7 Å². The van der Waals surface area contributed by atoms with Gasteiger partial charge in [0.25, 0.3) is 5.56 Å². The molecule has 0 radical (unpaired) electrons. The molecule has 2 atom stereocenters. The summed E-state index contributed by atoms with van der Waals surface area (Å²) in [6, 6.07) is 12.1. The van der Waals surface area contributed by atoms with Gasteiger partial charge in [0.2, 0.25) is 5.91 Å². The van der Waals surface area contributed by atoms with Gasteiger partial charge in [-0.3, -0.25) is 14.2 Å². The lowest BCUT2D eigenvalue weighted by molar-refractivity contribution is -0.119. The molecule has 5 nitrogen and oxygen atoms in total.